The fraction of sp³-hybridized carbons (Fsp3) is 0.360. The van der Waals surface area contributed by atoms with Crippen LogP contribution in [0.4, 0.5) is 17.2 Å². The number of methoxy groups -OCH3 is 1. The number of ether oxygens (including phenoxy) is 1. The Labute approximate surface area is 222 Å². The number of anilines is 3. The first kappa shape index (κ1) is 22.2. The van der Waals surface area contributed by atoms with Crippen LogP contribution >= 0.6 is 11.3 Å². The van der Waals surface area contributed by atoms with Gasteiger partial charge in [0.25, 0.3) is 11.8 Å². The fourth-order valence-electron chi connectivity index (χ4n) is 3.57. The van der Waals surface area contributed by atoms with E-state index < -0.39 is 12.9 Å². The van der Waals surface area contributed by atoms with E-state index in [1.807, 2.05) is 19.2 Å². The molecule has 11 nitrogen and oxygen atoms in total. The van der Waals surface area contributed by atoms with Crippen LogP contribution in [0.25, 0.3) is 10.6 Å². The largest absolute Gasteiger partial charge is 0.494 e. The smallest absolute Gasteiger partial charge is 0.273 e. The number of hydrogen-bond donors (Lipinski definition) is 4. The summed E-state index contributed by atoms with van der Waals surface area (Å²) < 4.78 is 27.9. The lowest BCUT2D eigenvalue weighted by atomic mass is 10.1. The normalized spacial score (nSPS) is 14.2. The van der Waals surface area contributed by atoms with Gasteiger partial charge in [-0.15, -0.1) is 21.5 Å². The molecule has 4 rings (SSSR count). The van der Waals surface area contributed by atoms with E-state index in [9.17, 15) is 14.4 Å². The maximum Gasteiger partial charge on any atom is 0.273 e. The van der Waals surface area contributed by atoms with Crippen molar-refractivity contribution < 1.29 is 23.2 Å². The van der Waals surface area contributed by atoms with E-state index >= 15 is 0 Å². The van der Waals surface area contributed by atoms with Gasteiger partial charge in [0.2, 0.25) is 5.91 Å². The van der Waals surface area contributed by atoms with Crippen LogP contribution in [0.1, 0.15) is 56.7 Å². The highest BCUT2D eigenvalue weighted by atomic mass is 32.1. The lowest BCUT2D eigenvalue weighted by Crippen LogP contribution is -2.29. The van der Waals surface area contributed by atoms with Crippen LogP contribution in [0, 0.1) is 12.8 Å². The quantitative estimate of drug-likeness (QED) is 0.331. The van der Waals surface area contributed by atoms with Gasteiger partial charge in [-0.2, -0.15) is 0 Å². The van der Waals surface area contributed by atoms with Crippen LogP contribution in [0.5, 0.6) is 5.75 Å². The maximum atomic E-state index is 12.8. The molecule has 1 fully saturated rings. The number of nitrogens with one attached hydrogen (secondary N) is 4. The molecule has 37 heavy (non-hydrogen) atoms. The number of amides is 3. The fourth-order valence-corrected chi connectivity index (χ4v) is 4.56. The average Bonchev–Trinajstić information content (AvgIpc) is 3.64. The van der Waals surface area contributed by atoms with E-state index in [1.165, 1.54) is 24.5 Å². The Morgan fingerprint density at radius 2 is 1.95 bits per heavy atom. The van der Waals surface area contributed by atoms with Gasteiger partial charge in [-0.25, -0.2) is 4.98 Å². The van der Waals surface area contributed by atoms with E-state index in [0.29, 0.717) is 32.6 Å². The van der Waals surface area contributed by atoms with Crippen molar-refractivity contribution in [3.05, 3.63) is 40.5 Å². The number of benzene rings is 1. The van der Waals surface area contributed by atoms with Gasteiger partial charge < -0.3 is 26.0 Å². The molecule has 3 aromatic rings. The third-order valence-corrected chi connectivity index (χ3v) is 6.65. The molecule has 0 radical (unpaired) electrons. The van der Waals surface area contributed by atoms with Gasteiger partial charge in [-0.3, -0.25) is 14.4 Å². The molecule has 1 aliphatic rings. The number of rotatable bonds is 9. The number of carbonyl (C=O) groups excluding carboxylic acids is 3. The lowest BCUT2D eigenvalue weighted by molar-refractivity contribution is -0.117. The molecule has 0 bridgehead atoms. The molecule has 194 valence electrons. The molecule has 1 saturated carbocycles. The van der Waals surface area contributed by atoms with Gasteiger partial charge >= 0.3 is 0 Å². The van der Waals surface area contributed by atoms with E-state index in [-0.39, 0.29) is 41.0 Å². The summed E-state index contributed by atoms with van der Waals surface area (Å²) in [5, 5.41) is 18.8. The molecular formula is C25H29N7O4S. The number of aromatic nitrogens is 3. The minimum atomic E-state index is -2.76. The van der Waals surface area contributed by atoms with E-state index in [0.717, 1.165) is 12.8 Å². The van der Waals surface area contributed by atoms with Crippen molar-refractivity contribution in [2.45, 2.75) is 39.7 Å². The summed E-state index contributed by atoms with van der Waals surface area (Å²) in [4.78, 5) is 42.7. The summed E-state index contributed by atoms with van der Waals surface area (Å²) in [6.45, 7) is 2.74. The predicted octanol–water partition coefficient (Wildman–Crippen LogP) is 3.51. The molecule has 1 aromatic carbocycles. The van der Waals surface area contributed by atoms with Gasteiger partial charge in [0.1, 0.15) is 9.88 Å². The molecular weight excluding hydrogens is 494 g/mol. The second kappa shape index (κ2) is 10.9. The number of thiazole rings is 1. The summed E-state index contributed by atoms with van der Waals surface area (Å²) in [7, 11) is 1.46. The lowest BCUT2D eigenvalue weighted by Gasteiger charge is -2.16. The molecule has 3 amide bonds. The second-order valence-corrected chi connectivity index (χ2v) is 9.78. The Balaban J connectivity index is 1.72. The van der Waals surface area contributed by atoms with Crippen molar-refractivity contribution in [1.29, 1.82) is 0 Å². The third-order valence-electron chi connectivity index (χ3n) is 5.46. The van der Waals surface area contributed by atoms with Crippen LogP contribution in [0.2, 0.25) is 0 Å². The van der Waals surface area contributed by atoms with Crippen molar-refractivity contribution >= 4 is 46.3 Å². The molecule has 0 unspecified atom stereocenters. The Morgan fingerprint density at radius 1 is 1.16 bits per heavy atom. The van der Waals surface area contributed by atoms with E-state index in [1.54, 1.807) is 25.1 Å². The van der Waals surface area contributed by atoms with Gasteiger partial charge in [-0.1, -0.05) is 6.07 Å². The zero-order valence-electron chi connectivity index (χ0n) is 23.8. The van der Waals surface area contributed by atoms with Crippen LogP contribution in [-0.4, -0.2) is 53.0 Å². The summed E-state index contributed by atoms with van der Waals surface area (Å²) in [6, 6.07) is 6.56. The summed E-state index contributed by atoms with van der Waals surface area (Å²) in [5.74, 6) is -1.07. The Kier molecular flexibility index (Phi) is 6.53. The molecule has 4 N–H and O–H groups in total. The highest BCUT2D eigenvalue weighted by molar-refractivity contribution is 7.17. The second-order valence-electron chi connectivity index (χ2n) is 8.78. The number of hydrogen-bond acceptors (Lipinski definition) is 9. The number of carbonyl (C=O) groups is 3. The first-order valence-corrected chi connectivity index (χ1v) is 12.4. The zero-order chi connectivity index (χ0) is 29.2. The first-order chi connectivity index (χ1) is 18.9. The minimum absolute atomic E-state index is 0.0378. The molecule has 0 atom stereocenters. The average molecular weight is 527 g/mol. The van der Waals surface area contributed by atoms with Crippen LogP contribution in [-0.2, 0) is 4.79 Å². The van der Waals surface area contributed by atoms with Crippen LogP contribution < -0.4 is 26.0 Å². The standard InChI is InChI=1S/C25H29N7O4S/c1-12(2)27-24(35)21-13(3)28-25(37-21)15-7-6-8-16(20(15)36-5)29-17-11-18(30-22(33)14-9-10-14)31-32-19(17)23(34)26-4/h6-8,11-12,14H,9-10H2,1-5H3,(H,26,34)(H,27,35)(H2,29,30,31,33)/i4D3. The molecule has 0 saturated heterocycles. The highest BCUT2D eigenvalue weighted by Crippen LogP contribution is 2.40. The van der Waals surface area contributed by atoms with Crippen LogP contribution in [0.15, 0.2) is 24.3 Å². The topological polar surface area (TPSA) is 147 Å². The van der Waals surface area contributed by atoms with Gasteiger partial charge in [-0.05, 0) is 45.7 Å². The van der Waals surface area contributed by atoms with E-state index in [2.05, 4.69) is 31.1 Å². The molecule has 12 heteroatoms. The maximum absolute atomic E-state index is 12.8. The SMILES string of the molecule is [2H]C([2H])([2H])NC(=O)c1nnc(NC(=O)C2CC2)cc1Nc1cccc(-c2nc(C)c(C(=O)NC(C)C)s2)c1OC. The van der Waals surface area contributed by atoms with Crippen molar-refractivity contribution in [2.75, 3.05) is 24.7 Å². The van der Waals surface area contributed by atoms with E-state index in [4.69, 9.17) is 8.85 Å². The van der Waals surface area contributed by atoms with Crippen molar-refractivity contribution in [1.82, 2.24) is 25.8 Å². The third kappa shape index (κ3) is 5.85. The summed E-state index contributed by atoms with van der Waals surface area (Å²) >= 11 is 1.21. The molecule has 0 spiro atoms. The number of aryl methyl sites for hydroxylation is 1. The van der Waals surface area contributed by atoms with Crippen molar-refractivity contribution in [3.8, 4) is 16.3 Å². The van der Waals surface area contributed by atoms with Crippen LogP contribution in [0.3, 0.4) is 0 Å². The van der Waals surface area contributed by atoms with Gasteiger partial charge in [0.05, 0.1) is 29.7 Å². The van der Waals surface area contributed by atoms with Crippen molar-refractivity contribution in [2.24, 2.45) is 5.92 Å². The first-order valence-electron chi connectivity index (χ1n) is 13.1. The molecule has 0 aliphatic heterocycles. The number of nitrogens with zero attached hydrogens (tertiary/aromatic N) is 3. The van der Waals surface area contributed by atoms with Gasteiger partial charge in [0.15, 0.2) is 17.3 Å². The highest BCUT2D eigenvalue weighted by Gasteiger charge is 2.30. The summed E-state index contributed by atoms with van der Waals surface area (Å²) in [6.07, 6.45) is 1.56. The minimum Gasteiger partial charge on any atom is -0.494 e. The van der Waals surface area contributed by atoms with Gasteiger partial charge in [0, 0.05) is 29.1 Å². The Hall–Kier alpha value is -4.06. The predicted molar refractivity (Wildman–Crippen MR) is 141 cm³/mol. The molecule has 2 aromatic heterocycles. The number of para-hydroxylation sites is 1. The molecule has 2 heterocycles. The monoisotopic (exact) mass is 526 g/mol. The summed E-state index contributed by atoms with van der Waals surface area (Å²) in [5.41, 5.74) is 1.34. The Bertz CT molecular complexity index is 1450. The van der Waals surface area contributed by atoms with Crippen molar-refractivity contribution in [3.63, 3.8) is 0 Å². The molecule has 1 aliphatic carbocycles. The Morgan fingerprint density at radius 3 is 2.62 bits per heavy atom. The zero-order valence-corrected chi connectivity index (χ0v) is 21.6.